The topological polar surface area (TPSA) is 109 Å². The lowest BCUT2D eigenvalue weighted by Crippen LogP contribution is -2.46. The van der Waals surface area contributed by atoms with Gasteiger partial charge in [0, 0.05) is 61.9 Å². The van der Waals surface area contributed by atoms with Gasteiger partial charge in [-0.25, -0.2) is 9.97 Å². The lowest BCUT2D eigenvalue weighted by Gasteiger charge is -2.34. The second-order valence-electron chi connectivity index (χ2n) is 8.59. The number of anilines is 2. The first-order valence-electron chi connectivity index (χ1n) is 11.8. The van der Waals surface area contributed by atoms with Gasteiger partial charge in [0.15, 0.2) is 11.5 Å². The molecule has 0 unspecified atom stereocenters. The Bertz CT molecular complexity index is 1410. The van der Waals surface area contributed by atoms with Gasteiger partial charge in [0.05, 0.1) is 0 Å². The summed E-state index contributed by atoms with van der Waals surface area (Å²) in [6.45, 7) is 8.04. The molecule has 0 saturated carbocycles. The van der Waals surface area contributed by atoms with E-state index in [2.05, 4.69) is 26.7 Å². The summed E-state index contributed by atoms with van der Waals surface area (Å²) in [7, 11) is 0. The molecule has 1 aliphatic heterocycles. The van der Waals surface area contributed by atoms with Gasteiger partial charge in [0.1, 0.15) is 11.4 Å². The van der Waals surface area contributed by atoms with Crippen molar-refractivity contribution in [3.63, 3.8) is 0 Å². The first-order valence-corrected chi connectivity index (χ1v) is 11.8. The minimum Gasteiger partial charge on any atom is -0.364 e. The Morgan fingerprint density at radius 2 is 1.75 bits per heavy atom. The van der Waals surface area contributed by atoms with Crippen LogP contribution in [0.3, 0.4) is 0 Å². The maximum absolute atomic E-state index is 12.5. The summed E-state index contributed by atoms with van der Waals surface area (Å²) in [4.78, 5) is 38.9. The van der Waals surface area contributed by atoms with Gasteiger partial charge in [-0.2, -0.15) is 0 Å². The molecular formula is C27H27N7O2. The number of piperazine rings is 1. The van der Waals surface area contributed by atoms with Gasteiger partial charge in [0.2, 0.25) is 0 Å². The van der Waals surface area contributed by atoms with Crippen LogP contribution in [0.1, 0.15) is 20.8 Å². The summed E-state index contributed by atoms with van der Waals surface area (Å²) in [6.07, 6.45) is 5.28. The molecule has 36 heavy (non-hydrogen) atoms. The number of fused-ring (bicyclic) bond motifs is 1. The molecule has 5 rings (SSSR count). The zero-order valence-corrected chi connectivity index (χ0v) is 19.8. The van der Waals surface area contributed by atoms with E-state index in [4.69, 9.17) is 10.7 Å². The number of imidazole rings is 1. The number of nitrogens with two attached hydrogens (primary N) is 1. The summed E-state index contributed by atoms with van der Waals surface area (Å²) in [6, 6.07) is 16.2. The number of nitrogens with one attached hydrogen (secondary N) is 1. The molecule has 182 valence electrons. The third-order valence-corrected chi connectivity index (χ3v) is 6.27. The van der Waals surface area contributed by atoms with Crippen molar-refractivity contribution >= 4 is 29.0 Å². The van der Waals surface area contributed by atoms with Crippen LogP contribution in [0.2, 0.25) is 0 Å². The zero-order valence-electron chi connectivity index (χ0n) is 19.8. The third-order valence-electron chi connectivity index (χ3n) is 6.27. The first-order chi connectivity index (χ1) is 17.5. The van der Waals surface area contributed by atoms with Crippen LogP contribution in [-0.2, 0) is 0 Å². The van der Waals surface area contributed by atoms with Crippen LogP contribution in [0.25, 0.3) is 16.9 Å². The van der Waals surface area contributed by atoms with E-state index in [-0.39, 0.29) is 5.91 Å². The molecule has 3 N–H and O–H groups in total. The fourth-order valence-electron chi connectivity index (χ4n) is 4.45. The highest BCUT2D eigenvalue weighted by Crippen LogP contribution is 2.29. The molecule has 1 saturated heterocycles. The van der Waals surface area contributed by atoms with E-state index in [1.54, 1.807) is 41.1 Å². The molecule has 9 nitrogen and oxygen atoms in total. The lowest BCUT2D eigenvalue weighted by molar-refractivity contribution is 0.0993. The maximum atomic E-state index is 12.5. The quantitative estimate of drug-likeness (QED) is 0.393. The lowest BCUT2D eigenvalue weighted by atomic mass is 10.1. The maximum Gasteiger partial charge on any atom is 0.268 e. The molecule has 1 fully saturated rings. The molecule has 2 aromatic carbocycles. The first kappa shape index (κ1) is 23.3. The normalized spacial score (nSPS) is 14.1. The van der Waals surface area contributed by atoms with Crippen LogP contribution in [0.15, 0.2) is 79.6 Å². The van der Waals surface area contributed by atoms with Crippen molar-refractivity contribution in [1.82, 2.24) is 19.3 Å². The number of hydrogen-bond acceptors (Lipinski definition) is 6. The number of hydrogen-bond donors (Lipinski definition) is 2. The average Bonchev–Trinajstić information content (AvgIpc) is 3.30. The van der Waals surface area contributed by atoms with Crippen LogP contribution in [-0.4, -0.2) is 63.8 Å². The van der Waals surface area contributed by atoms with Gasteiger partial charge in [-0.1, -0.05) is 36.4 Å². The van der Waals surface area contributed by atoms with Gasteiger partial charge in [-0.15, -0.1) is 6.58 Å². The standard InChI is InChI=1S/C27H27N7O2/c1-2-13-32-15-17-33(18-16-32)25-26-31-22(23(24(28)35)34(26)14-12-29-25)19-8-10-21(11-9-19)30-27(36)20-6-4-3-5-7-20/h2-12,14H,1,13,15-18H2,(H2,28,35)(H,30,36). The highest BCUT2D eigenvalue weighted by molar-refractivity contribution is 6.04. The Balaban J connectivity index is 1.45. The van der Waals surface area contributed by atoms with Crippen molar-refractivity contribution in [2.75, 3.05) is 42.9 Å². The third kappa shape index (κ3) is 4.56. The number of carbonyl (C=O) groups is 2. The molecule has 9 heteroatoms. The summed E-state index contributed by atoms with van der Waals surface area (Å²) in [5, 5.41) is 2.88. The van der Waals surface area contributed by atoms with Crippen molar-refractivity contribution in [1.29, 1.82) is 0 Å². The Morgan fingerprint density at radius 1 is 1.03 bits per heavy atom. The predicted molar refractivity (Wildman–Crippen MR) is 140 cm³/mol. The molecule has 4 aromatic rings. The zero-order chi connectivity index (χ0) is 25.1. The molecule has 1 aliphatic rings. The number of nitrogens with zero attached hydrogens (tertiary/aromatic N) is 5. The van der Waals surface area contributed by atoms with Crippen molar-refractivity contribution in [3.8, 4) is 11.3 Å². The second kappa shape index (κ2) is 10.0. The molecule has 2 aromatic heterocycles. The molecule has 0 radical (unpaired) electrons. The van der Waals surface area contributed by atoms with Crippen molar-refractivity contribution in [2.24, 2.45) is 5.73 Å². The Morgan fingerprint density at radius 3 is 2.42 bits per heavy atom. The number of primary amides is 1. The largest absolute Gasteiger partial charge is 0.364 e. The highest BCUT2D eigenvalue weighted by Gasteiger charge is 2.25. The molecular weight excluding hydrogens is 454 g/mol. The van der Waals surface area contributed by atoms with E-state index in [1.165, 1.54) is 0 Å². The number of benzene rings is 2. The van der Waals surface area contributed by atoms with Gasteiger partial charge >= 0.3 is 0 Å². The van der Waals surface area contributed by atoms with E-state index in [1.807, 2.05) is 36.4 Å². The predicted octanol–water partition coefficient (Wildman–Crippen LogP) is 3.06. The molecule has 0 spiro atoms. The van der Waals surface area contributed by atoms with Crippen LogP contribution < -0.4 is 16.0 Å². The van der Waals surface area contributed by atoms with E-state index in [9.17, 15) is 9.59 Å². The smallest absolute Gasteiger partial charge is 0.268 e. The molecule has 0 atom stereocenters. The molecule has 0 aliphatic carbocycles. The van der Waals surface area contributed by atoms with Crippen LogP contribution in [0.5, 0.6) is 0 Å². The number of carbonyl (C=O) groups excluding carboxylic acids is 2. The van der Waals surface area contributed by atoms with E-state index in [0.29, 0.717) is 33.8 Å². The van der Waals surface area contributed by atoms with Crippen LogP contribution in [0, 0.1) is 0 Å². The van der Waals surface area contributed by atoms with Crippen molar-refractivity contribution < 1.29 is 9.59 Å². The highest BCUT2D eigenvalue weighted by atomic mass is 16.2. The van der Waals surface area contributed by atoms with Gasteiger partial charge < -0.3 is 16.0 Å². The second-order valence-corrected chi connectivity index (χ2v) is 8.59. The Hall–Kier alpha value is -4.50. The van der Waals surface area contributed by atoms with Crippen LogP contribution in [0.4, 0.5) is 11.5 Å². The fourth-order valence-corrected chi connectivity index (χ4v) is 4.45. The van der Waals surface area contributed by atoms with E-state index >= 15 is 0 Å². The van der Waals surface area contributed by atoms with Crippen molar-refractivity contribution in [3.05, 3.63) is 90.9 Å². The van der Waals surface area contributed by atoms with E-state index in [0.717, 1.165) is 38.5 Å². The van der Waals surface area contributed by atoms with Gasteiger partial charge in [-0.05, 0) is 24.3 Å². The Labute approximate surface area is 208 Å². The number of rotatable bonds is 7. The fraction of sp³-hybridized carbons (Fsp3) is 0.185. The van der Waals surface area contributed by atoms with Crippen LogP contribution >= 0.6 is 0 Å². The minimum atomic E-state index is -0.577. The van der Waals surface area contributed by atoms with Crippen molar-refractivity contribution in [2.45, 2.75) is 0 Å². The molecule has 0 bridgehead atoms. The minimum absolute atomic E-state index is 0.196. The molecule has 3 heterocycles. The summed E-state index contributed by atoms with van der Waals surface area (Å²) in [5.74, 6) is -0.0547. The SMILES string of the molecule is C=CCN1CCN(c2nccn3c(C(N)=O)c(-c4ccc(NC(=O)c5ccccc5)cc4)nc23)CC1. The summed E-state index contributed by atoms with van der Waals surface area (Å²) in [5.41, 5.74) is 9.07. The average molecular weight is 482 g/mol. The number of aromatic nitrogens is 3. The Kier molecular flexibility index (Phi) is 6.46. The van der Waals surface area contributed by atoms with Gasteiger partial charge in [-0.3, -0.25) is 18.9 Å². The monoisotopic (exact) mass is 481 g/mol. The van der Waals surface area contributed by atoms with E-state index < -0.39 is 5.91 Å². The summed E-state index contributed by atoms with van der Waals surface area (Å²) < 4.78 is 1.71. The number of amides is 2. The van der Waals surface area contributed by atoms with Gasteiger partial charge in [0.25, 0.3) is 11.8 Å². The summed E-state index contributed by atoms with van der Waals surface area (Å²) >= 11 is 0. The molecule has 2 amide bonds.